The molecule has 2 N–H and O–H groups in total. The number of nitrogens with one attached hydrogen (secondary N) is 2. The Morgan fingerprint density at radius 1 is 0.900 bits per heavy atom. The first-order chi connectivity index (χ1) is 9.80. The van der Waals surface area contributed by atoms with Gasteiger partial charge < -0.3 is 20.4 Å². The van der Waals surface area contributed by atoms with Crippen LogP contribution in [0.25, 0.3) is 0 Å². The highest BCUT2D eigenvalue weighted by Crippen LogP contribution is 2.03. The third-order valence-corrected chi connectivity index (χ3v) is 3.75. The summed E-state index contributed by atoms with van der Waals surface area (Å²) in [6.45, 7) is 16.6. The Morgan fingerprint density at radius 3 is 2.05 bits per heavy atom. The van der Waals surface area contributed by atoms with Gasteiger partial charge in [0, 0.05) is 45.8 Å². The van der Waals surface area contributed by atoms with Crippen LogP contribution in [0.2, 0.25) is 0 Å². The first-order valence-electron chi connectivity index (χ1n) is 8.27. The van der Waals surface area contributed by atoms with E-state index in [-0.39, 0.29) is 0 Å². The zero-order valence-corrected chi connectivity index (χ0v) is 13.6. The Morgan fingerprint density at radius 2 is 1.50 bits per heavy atom. The van der Waals surface area contributed by atoms with Crippen molar-refractivity contribution in [2.45, 2.75) is 33.6 Å². The van der Waals surface area contributed by atoms with E-state index in [2.05, 4.69) is 46.2 Å². The Balaban J connectivity index is 2.08. The number of aliphatic imine (C=N–C) groups is 1. The summed E-state index contributed by atoms with van der Waals surface area (Å²) in [4.78, 5) is 9.70. The number of hydrogen-bond acceptors (Lipinski definition) is 3. The minimum atomic E-state index is 0.921. The van der Waals surface area contributed by atoms with Gasteiger partial charge >= 0.3 is 0 Å². The lowest BCUT2D eigenvalue weighted by atomic mass is 10.2. The minimum absolute atomic E-state index is 0.921. The number of nitrogens with zero attached hydrogens (tertiary/aromatic N) is 3. The molecular weight excluding hydrogens is 250 g/mol. The molecule has 1 heterocycles. The fourth-order valence-electron chi connectivity index (χ4n) is 2.48. The van der Waals surface area contributed by atoms with Gasteiger partial charge in [-0.15, -0.1) is 0 Å². The summed E-state index contributed by atoms with van der Waals surface area (Å²) < 4.78 is 0. The average Bonchev–Trinajstić information content (AvgIpc) is 2.48. The van der Waals surface area contributed by atoms with Crippen molar-refractivity contribution in [2.24, 2.45) is 4.99 Å². The van der Waals surface area contributed by atoms with E-state index in [1.165, 1.54) is 52.1 Å². The van der Waals surface area contributed by atoms with Gasteiger partial charge in [-0.1, -0.05) is 6.92 Å². The summed E-state index contributed by atoms with van der Waals surface area (Å²) in [6.07, 6.45) is 2.43. The van der Waals surface area contributed by atoms with Crippen LogP contribution in [0.3, 0.4) is 0 Å². The lowest BCUT2D eigenvalue weighted by Crippen LogP contribution is -2.46. The summed E-state index contributed by atoms with van der Waals surface area (Å²) in [5, 5.41) is 6.52. The highest BCUT2D eigenvalue weighted by Gasteiger charge is 2.14. The number of likely N-dealkylation sites (N-methyl/N-ethyl adjacent to an activating group) is 1. The molecule has 0 amide bonds. The zero-order valence-electron chi connectivity index (χ0n) is 13.6. The molecule has 1 aliphatic rings. The van der Waals surface area contributed by atoms with Crippen molar-refractivity contribution in [1.82, 2.24) is 20.4 Å². The monoisotopic (exact) mass is 283 g/mol. The molecule has 1 saturated heterocycles. The van der Waals surface area contributed by atoms with Gasteiger partial charge in [0.1, 0.15) is 0 Å². The molecule has 0 unspecified atom stereocenters. The Hall–Kier alpha value is -0.810. The van der Waals surface area contributed by atoms with Crippen LogP contribution in [0, 0.1) is 0 Å². The topological polar surface area (TPSA) is 42.9 Å². The van der Waals surface area contributed by atoms with E-state index >= 15 is 0 Å². The fraction of sp³-hybridized carbons (Fsp3) is 0.933. The van der Waals surface area contributed by atoms with Crippen molar-refractivity contribution < 1.29 is 0 Å². The lowest BCUT2D eigenvalue weighted by molar-refractivity contribution is 0.136. The van der Waals surface area contributed by atoms with Gasteiger partial charge in [-0.3, -0.25) is 4.99 Å². The SMILES string of the molecule is CCNC(=NCCCCN1CCN(CC)CC1)NCC. The molecule has 1 aliphatic heterocycles. The van der Waals surface area contributed by atoms with Crippen LogP contribution < -0.4 is 10.6 Å². The van der Waals surface area contributed by atoms with Crippen LogP contribution in [0.5, 0.6) is 0 Å². The van der Waals surface area contributed by atoms with Gasteiger partial charge in [0.25, 0.3) is 0 Å². The molecule has 0 spiro atoms. The molecule has 1 rings (SSSR count). The van der Waals surface area contributed by atoms with Crippen LogP contribution in [0.1, 0.15) is 33.6 Å². The number of guanidine groups is 1. The van der Waals surface area contributed by atoms with Crippen molar-refractivity contribution in [3.8, 4) is 0 Å². The number of rotatable bonds is 8. The van der Waals surface area contributed by atoms with Crippen LogP contribution in [-0.4, -0.2) is 74.7 Å². The minimum Gasteiger partial charge on any atom is -0.357 e. The van der Waals surface area contributed by atoms with Crippen LogP contribution >= 0.6 is 0 Å². The predicted octanol–water partition coefficient (Wildman–Crippen LogP) is 0.979. The molecule has 118 valence electrons. The van der Waals surface area contributed by atoms with Gasteiger partial charge in [-0.05, 0) is 39.8 Å². The normalized spacial score (nSPS) is 16.9. The molecule has 20 heavy (non-hydrogen) atoms. The molecular formula is C15H33N5. The maximum absolute atomic E-state index is 4.58. The van der Waals surface area contributed by atoms with Gasteiger partial charge in [-0.2, -0.15) is 0 Å². The molecule has 0 atom stereocenters. The van der Waals surface area contributed by atoms with E-state index in [0.717, 1.165) is 25.6 Å². The van der Waals surface area contributed by atoms with E-state index in [1.54, 1.807) is 0 Å². The molecule has 1 fully saturated rings. The van der Waals surface area contributed by atoms with E-state index < -0.39 is 0 Å². The first kappa shape index (κ1) is 17.2. The van der Waals surface area contributed by atoms with Crippen molar-refractivity contribution in [3.05, 3.63) is 0 Å². The summed E-state index contributed by atoms with van der Waals surface area (Å²) in [6, 6.07) is 0. The molecule has 5 heteroatoms. The Labute approximate surface area is 124 Å². The molecule has 0 bridgehead atoms. The number of unbranched alkanes of at least 4 members (excludes halogenated alkanes) is 1. The summed E-state index contributed by atoms with van der Waals surface area (Å²) in [5.41, 5.74) is 0. The Kier molecular flexibility index (Phi) is 9.41. The van der Waals surface area contributed by atoms with Crippen molar-refractivity contribution in [2.75, 3.05) is 58.9 Å². The zero-order chi connectivity index (χ0) is 14.6. The quantitative estimate of drug-likeness (QED) is 0.396. The third kappa shape index (κ3) is 7.10. The van der Waals surface area contributed by atoms with E-state index in [4.69, 9.17) is 0 Å². The predicted molar refractivity (Wildman–Crippen MR) is 87.4 cm³/mol. The van der Waals surface area contributed by atoms with Gasteiger partial charge in [0.15, 0.2) is 5.96 Å². The van der Waals surface area contributed by atoms with E-state index in [0.29, 0.717) is 0 Å². The van der Waals surface area contributed by atoms with Crippen molar-refractivity contribution >= 4 is 5.96 Å². The van der Waals surface area contributed by atoms with Crippen molar-refractivity contribution in [1.29, 1.82) is 0 Å². The fourth-order valence-corrected chi connectivity index (χ4v) is 2.48. The summed E-state index contributed by atoms with van der Waals surface area (Å²) >= 11 is 0. The molecule has 0 aromatic carbocycles. The molecule has 0 aliphatic carbocycles. The molecule has 5 nitrogen and oxygen atoms in total. The van der Waals surface area contributed by atoms with E-state index in [9.17, 15) is 0 Å². The first-order valence-corrected chi connectivity index (χ1v) is 8.27. The molecule has 0 radical (unpaired) electrons. The second-order valence-corrected chi connectivity index (χ2v) is 5.27. The summed E-state index contributed by atoms with van der Waals surface area (Å²) in [7, 11) is 0. The Bertz CT molecular complexity index is 251. The lowest BCUT2D eigenvalue weighted by Gasteiger charge is -2.33. The number of piperazine rings is 1. The second-order valence-electron chi connectivity index (χ2n) is 5.27. The third-order valence-electron chi connectivity index (χ3n) is 3.75. The van der Waals surface area contributed by atoms with Gasteiger partial charge in [0.05, 0.1) is 0 Å². The highest BCUT2D eigenvalue weighted by atomic mass is 15.3. The molecule has 0 saturated carbocycles. The standard InChI is InChI=1S/C15H33N5/c1-4-16-15(17-5-2)18-9-7-8-10-20-13-11-19(6-3)12-14-20/h4-14H2,1-3H3,(H2,16,17,18). The number of hydrogen-bond donors (Lipinski definition) is 2. The largest absolute Gasteiger partial charge is 0.357 e. The van der Waals surface area contributed by atoms with Crippen LogP contribution in [0.4, 0.5) is 0 Å². The van der Waals surface area contributed by atoms with Crippen molar-refractivity contribution in [3.63, 3.8) is 0 Å². The smallest absolute Gasteiger partial charge is 0.191 e. The van der Waals surface area contributed by atoms with Gasteiger partial charge in [-0.25, -0.2) is 0 Å². The van der Waals surface area contributed by atoms with E-state index in [1.807, 2.05) is 0 Å². The maximum atomic E-state index is 4.58. The average molecular weight is 283 g/mol. The van der Waals surface area contributed by atoms with Gasteiger partial charge in [0.2, 0.25) is 0 Å². The highest BCUT2D eigenvalue weighted by molar-refractivity contribution is 5.79. The maximum Gasteiger partial charge on any atom is 0.191 e. The summed E-state index contributed by atoms with van der Waals surface area (Å²) in [5.74, 6) is 0.951. The molecule has 0 aromatic heterocycles. The second kappa shape index (κ2) is 10.9. The van der Waals surface area contributed by atoms with Crippen LogP contribution in [-0.2, 0) is 0 Å². The van der Waals surface area contributed by atoms with Crippen LogP contribution in [0.15, 0.2) is 4.99 Å². The molecule has 0 aromatic rings.